The maximum absolute atomic E-state index is 4.88. The minimum Gasteiger partial charge on any atom is -0.349 e. The fraction of sp³-hybridized carbons (Fsp3) is 0.368. The van der Waals surface area contributed by atoms with Crippen LogP contribution in [0.5, 0.6) is 0 Å². The van der Waals surface area contributed by atoms with E-state index in [2.05, 4.69) is 34.2 Å². The molecular weight excluding hydrogens is 312 g/mol. The molecule has 1 aliphatic heterocycles. The Labute approximate surface area is 147 Å². The second-order valence-electron chi connectivity index (χ2n) is 6.43. The Morgan fingerprint density at radius 2 is 2.04 bits per heavy atom. The first-order valence-corrected chi connectivity index (χ1v) is 8.78. The van der Waals surface area contributed by atoms with Crippen molar-refractivity contribution in [2.24, 2.45) is 7.05 Å². The van der Waals surface area contributed by atoms with E-state index in [1.165, 1.54) is 5.56 Å². The molecule has 25 heavy (non-hydrogen) atoms. The normalized spacial score (nSPS) is 17.2. The summed E-state index contributed by atoms with van der Waals surface area (Å²) < 4.78 is 1.87. The van der Waals surface area contributed by atoms with Gasteiger partial charge in [-0.25, -0.2) is 9.97 Å². The average Bonchev–Trinajstić information content (AvgIpc) is 3.30. The second-order valence-corrected chi connectivity index (χ2v) is 6.43. The molecule has 3 aromatic heterocycles. The highest BCUT2D eigenvalue weighted by Gasteiger charge is 2.28. The highest BCUT2D eigenvalue weighted by atomic mass is 15.3. The van der Waals surface area contributed by atoms with E-state index < -0.39 is 0 Å². The van der Waals surface area contributed by atoms with Crippen molar-refractivity contribution in [3.05, 3.63) is 54.2 Å². The molecule has 128 valence electrons. The predicted molar refractivity (Wildman–Crippen MR) is 97.2 cm³/mol. The van der Waals surface area contributed by atoms with Crippen LogP contribution in [0.4, 0.5) is 5.82 Å². The van der Waals surface area contributed by atoms with Crippen LogP contribution in [0.15, 0.2) is 43.0 Å². The fourth-order valence-corrected chi connectivity index (χ4v) is 3.44. The SMILES string of the molecule is CCc1cc(N2CCCC2c2cnn(C)c2)nc(-c2ccncc2)n1. The lowest BCUT2D eigenvalue weighted by atomic mass is 10.1. The first-order valence-electron chi connectivity index (χ1n) is 8.78. The summed E-state index contributed by atoms with van der Waals surface area (Å²) in [6.07, 6.45) is 10.8. The van der Waals surface area contributed by atoms with Crippen LogP contribution in [0.2, 0.25) is 0 Å². The van der Waals surface area contributed by atoms with Gasteiger partial charge >= 0.3 is 0 Å². The third kappa shape index (κ3) is 3.12. The van der Waals surface area contributed by atoms with Gasteiger partial charge in [-0.15, -0.1) is 0 Å². The van der Waals surface area contributed by atoms with E-state index in [1.807, 2.05) is 30.1 Å². The molecule has 1 saturated heterocycles. The van der Waals surface area contributed by atoms with Crippen molar-refractivity contribution in [2.45, 2.75) is 32.2 Å². The Kier molecular flexibility index (Phi) is 4.17. The van der Waals surface area contributed by atoms with Gasteiger partial charge < -0.3 is 4.90 Å². The van der Waals surface area contributed by atoms with Gasteiger partial charge in [0.1, 0.15) is 5.82 Å². The van der Waals surface area contributed by atoms with Crippen LogP contribution in [0, 0.1) is 0 Å². The van der Waals surface area contributed by atoms with Crippen LogP contribution in [-0.4, -0.2) is 31.3 Å². The number of nitrogens with zero attached hydrogens (tertiary/aromatic N) is 6. The standard InChI is InChI=1S/C19H22N6/c1-3-16-11-18(23-19(22-16)14-6-8-20-9-7-14)25-10-4-5-17(25)15-12-21-24(2)13-15/h6-9,11-13,17H,3-5,10H2,1-2H3. The first kappa shape index (κ1) is 15.7. The van der Waals surface area contributed by atoms with Crippen LogP contribution in [0.1, 0.15) is 37.1 Å². The van der Waals surface area contributed by atoms with Crippen LogP contribution < -0.4 is 4.90 Å². The van der Waals surface area contributed by atoms with E-state index in [4.69, 9.17) is 9.97 Å². The van der Waals surface area contributed by atoms with Gasteiger partial charge in [-0.05, 0) is 31.4 Å². The molecule has 0 amide bonds. The van der Waals surface area contributed by atoms with Crippen molar-refractivity contribution in [3.8, 4) is 11.4 Å². The third-order valence-corrected chi connectivity index (χ3v) is 4.72. The molecule has 1 aliphatic rings. The number of aryl methyl sites for hydroxylation is 2. The van der Waals surface area contributed by atoms with Gasteiger partial charge in [-0.3, -0.25) is 9.67 Å². The molecule has 0 bridgehead atoms. The molecule has 0 N–H and O–H groups in total. The minimum absolute atomic E-state index is 0.332. The highest BCUT2D eigenvalue weighted by molar-refractivity contribution is 5.58. The summed E-state index contributed by atoms with van der Waals surface area (Å²) in [5.74, 6) is 1.78. The van der Waals surface area contributed by atoms with E-state index in [-0.39, 0.29) is 0 Å². The Morgan fingerprint density at radius 1 is 1.20 bits per heavy atom. The molecule has 6 heteroatoms. The van der Waals surface area contributed by atoms with Crippen molar-refractivity contribution >= 4 is 5.82 Å². The van der Waals surface area contributed by atoms with Crippen LogP contribution in [-0.2, 0) is 13.5 Å². The molecule has 0 aliphatic carbocycles. The van der Waals surface area contributed by atoms with E-state index >= 15 is 0 Å². The van der Waals surface area contributed by atoms with Crippen molar-refractivity contribution in [2.75, 3.05) is 11.4 Å². The van der Waals surface area contributed by atoms with Crippen LogP contribution >= 0.6 is 0 Å². The maximum atomic E-state index is 4.88. The van der Waals surface area contributed by atoms with E-state index in [9.17, 15) is 0 Å². The lowest BCUT2D eigenvalue weighted by molar-refractivity contribution is 0.706. The van der Waals surface area contributed by atoms with Gasteiger partial charge in [0.05, 0.1) is 12.2 Å². The van der Waals surface area contributed by atoms with Crippen molar-refractivity contribution < 1.29 is 0 Å². The summed E-state index contributed by atoms with van der Waals surface area (Å²) in [7, 11) is 1.96. The zero-order chi connectivity index (χ0) is 17.2. The van der Waals surface area contributed by atoms with Gasteiger partial charge in [0, 0.05) is 55.1 Å². The van der Waals surface area contributed by atoms with Gasteiger partial charge in [-0.1, -0.05) is 6.92 Å². The summed E-state index contributed by atoms with van der Waals surface area (Å²) >= 11 is 0. The van der Waals surface area contributed by atoms with Gasteiger partial charge in [0.25, 0.3) is 0 Å². The lowest BCUT2D eigenvalue weighted by Gasteiger charge is -2.25. The summed E-state index contributed by atoms with van der Waals surface area (Å²) in [6, 6.07) is 6.38. The van der Waals surface area contributed by atoms with E-state index in [1.54, 1.807) is 12.4 Å². The van der Waals surface area contributed by atoms with Crippen LogP contribution in [0.25, 0.3) is 11.4 Å². The molecule has 3 aromatic rings. The quantitative estimate of drug-likeness (QED) is 0.733. The van der Waals surface area contributed by atoms with Crippen molar-refractivity contribution in [1.29, 1.82) is 0 Å². The molecule has 4 heterocycles. The molecule has 0 radical (unpaired) electrons. The molecule has 1 fully saturated rings. The average molecular weight is 334 g/mol. The van der Waals surface area contributed by atoms with E-state index in [0.717, 1.165) is 48.7 Å². The number of aromatic nitrogens is 5. The van der Waals surface area contributed by atoms with Crippen molar-refractivity contribution in [3.63, 3.8) is 0 Å². The van der Waals surface area contributed by atoms with Crippen molar-refractivity contribution in [1.82, 2.24) is 24.7 Å². The largest absolute Gasteiger partial charge is 0.349 e. The van der Waals surface area contributed by atoms with Gasteiger partial charge in [-0.2, -0.15) is 5.10 Å². The molecule has 0 saturated carbocycles. The Balaban J connectivity index is 1.74. The first-order chi connectivity index (χ1) is 12.2. The molecule has 0 spiro atoms. The van der Waals surface area contributed by atoms with Crippen LogP contribution in [0.3, 0.4) is 0 Å². The fourth-order valence-electron chi connectivity index (χ4n) is 3.44. The summed E-state index contributed by atoms with van der Waals surface area (Å²) in [5, 5.41) is 4.34. The zero-order valence-electron chi connectivity index (χ0n) is 14.6. The molecule has 1 unspecified atom stereocenters. The maximum Gasteiger partial charge on any atom is 0.161 e. The lowest BCUT2D eigenvalue weighted by Crippen LogP contribution is -2.24. The van der Waals surface area contributed by atoms with Gasteiger partial charge in [0.2, 0.25) is 0 Å². The summed E-state index contributed by atoms with van der Waals surface area (Å²) in [6.45, 7) is 3.14. The van der Waals surface area contributed by atoms with E-state index in [0.29, 0.717) is 6.04 Å². The zero-order valence-corrected chi connectivity index (χ0v) is 14.6. The summed E-state index contributed by atoms with van der Waals surface area (Å²) in [4.78, 5) is 16.1. The molecule has 6 nitrogen and oxygen atoms in total. The number of hydrogen-bond donors (Lipinski definition) is 0. The summed E-state index contributed by atoms with van der Waals surface area (Å²) in [5.41, 5.74) is 3.32. The Hall–Kier alpha value is -2.76. The predicted octanol–water partition coefficient (Wildman–Crippen LogP) is 3.18. The third-order valence-electron chi connectivity index (χ3n) is 4.72. The number of anilines is 1. The molecule has 0 aromatic carbocycles. The van der Waals surface area contributed by atoms with Gasteiger partial charge in [0.15, 0.2) is 5.82 Å². The number of hydrogen-bond acceptors (Lipinski definition) is 5. The molecular formula is C19H22N6. The Morgan fingerprint density at radius 3 is 2.76 bits per heavy atom. The number of rotatable bonds is 4. The monoisotopic (exact) mass is 334 g/mol. The Bertz CT molecular complexity index is 857. The second kappa shape index (κ2) is 6.63. The smallest absolute Gasteiger partial charge is 0.161 e. The minimum atomic E-state index is 0.332. The molecule has 4 rings (SSSR count). The topological polar surface area (TPSA) is 59.7 Å². The molecule has 1 atom stereocenters. The highest BCUT2D eigenvalue weighted by Crippen LogP contribution is 2.35. The number of pyridine rings is 1.